The van der Waals surface area contributed by atoms with Crippen molar-refractivity contribution in [1.82, 2.24) is 0 Å². The Bertz CT molecular complexity index is 517. The van der Waals surface area contributed by atoms with Gasteiger partial charge in [-0.3, -0.25) is 0 Å². The van der Waals surface area contributed by atoms with Crippen LogP contribution in [0.15, 0.2) is 36.4 Å². The summed E-state index contributed by atoms with van der Waals surface area (Å²) in [6, 6.07) is 11.5. The Morgan fingerprint density at radius 1 is 1.35 bits per heavy atom. The third kappa shape index (κ3) is 2.65. The van der Waals surface area contributed by atoms with Crippen LogP contribution in [0.3, 0.4) is 0 Å². The van der Waals surface area contributed by atoms with Gasteiger partial charge in [0.05, 0.1) is 7.11 Å². The fourth-order valence-electron chi connectivity index (χ4n) is 1.55. The molecule has 3 nitrogen and oxygen atoms in total. The van der Waals surface area contributed by atoms with Crippen LogP contribution >= 0.6 is 11.3 Å². The summed E-state index contributed by atoms with van der Waals surface area (Å²) in [4.78, 5) is 12.5. The van der Waals surface area contributed by atoms with Crippen LogP contribution in [0.4, 0.5) is 0 Å². The van der Waals surface area contributed by atoms with E-state index in [9.17, 15) is 9.90 Å². The molecule has 0 radical (unpaired) electrons. The van der Waals surface area contributed by atoms with E-state index in [2.05, 4.69) is 4.74 Å². The number of carbonyl (C=O) groups is 1. The molecule has 1 aromatic carbocycles. The van der Waals surface area contributed by atoms with Gasteiger partial charge in [-0.25, -0.2) is 4.79 Å². The van der Waals surface area contributed by atoms with Gasteiger partial charge in [-0.2, -0.15) is 0 Å². The molecule has 0 aliphatic heterocycles. The summed E-state index contributed by atoms with van der Waals surface area (Å²) in [5.74, 6) is -0.500. The average Bonchev–Trinajstić information content (AvgIpc) is 2.70. The van der Waals surface area contributed by atoms with Gasteiger partial charge in [0.25, 0.3) is 0 Å². The van der Waals surface area contributed by atoms with Gasteiger partial charge in [0, 0.05) is 11.3 Å². The molecule has 0 saturated heterocycles. The minimum Gasteiger partial charge on any atom is -0.506 e. The first-order valence-electron chi connectivity index (χ1n) is 5.14. The van der Waals surface area contributed by atoms with Gasteiger partial charge in [0.2, 0.25) is 0 Å². The second-order valence-corrected chi connectivity index (χ2v) is 4.72. The first-order valence-corrected chi connectivity index (χ1v) is 5.96. The molecule has 2 aromatic rings. The predicted octanol–water partition coefficient (Wildman–Crippen LogP) is 2.83. The van der Waals surface area contributed by atoms with Crippen molar-refractivity contribution in [2.45, 2.75) is 6.42 Å². The molecule has 0 aliphatic carbocycles. The zero-order valence-corrected chi connectivity index (χ0v) is 10.2. The summed E-state index contributed by atoms with van der Waals surface area (Å²) in [5, 5.41) is 9.62. The van der Waals surface area contributed by atoms with Crippen molar-refractivity contribution in [2.24, 2.45) is 0 Å². The Morgan fingerprint density at radius 3 is 2.71 bits per heavy atom. The Labute approximate surface area is 103 Å². The highest BCUT2D eigenvalue weighted by atomic mass is 32.1. The highest BCUT2D eigenvalue weighted by Crippen LogP contribution is 2.30. The smallest absolute Gasteiger partial charge is 0.351 e. The maximum absolute atomic E-state index is 11.3. The average molecular weight is 248 g/mol. The Hall–Kier alpha value is -1.81. The molecule has 4 heteroatoms. The van der Waals surface area contributed by atoms with E-state index in [1.54, 1.807) is 6.07 Å². The summed E-state index contributed by atoms with van der Waals surface area (Å²) in [6.07, 6.45) is 0.704. The lowest BCUT2D eigenvalue weighted by molar-refractivity contribution is 0.0603. The predicted molar refractivity (Wildman–Crippen MR) is 66.6 cm³/mol. The molecule has 2 rings (SSSR count). The zero-order valence-electron chi connectivity index (χ0n) is 9.34. The van der Waals surface area contributed by atoms with Crippen LogP contribution in [0.2, 0.25) is 0 Å². The molecule has 88 valence electrons. The van der Waals surface area contributed by atoms with Crippen molar-refractivity contribution in [1.29, 1.82) is 0 Å². The van der Waals surface area contributed by atoms with E-state index in [4.69, 9.17) is 0 Å². The Kier molecular flexibility index (Phi) is 3.44. The lowest BCUT2D eigenvalue weighted by Crippen LogP contribution is -1.97. The summed E-state index contributed by atoms with van der Waals surface area (Å²) < 4.78 is 4.59. The molecule has 0 unspecified atom stereocenters. The highest BCUT2D eigenvalue weighted by Gasteiger charge is 2.16. The van der Waals surface area contributed by atoms with Gasteiger partial charge in [0.1, 0.15) is 5.75 Å². The van der Waals surface area contributed by atoms with Crippen molar-refractivity contribution in [3.8, 4) is 5.75 Å². The largest absolute Gasteiger partial charge is 0.506 e. The van der Waals surface area contributed by atoms with Crippen LogP contribution in [0.1, 0.15) is 20.1 Å². The molecule has 0 spiro atoms. The molecule has 17 heavy (non-hydrogen) atoms. The van der Waals surface area contributed by atoms with Crippen molar-refractivity contribution in [2.75, 3.05) is 7.11 Å². The molecule has 1 heterocycles. The molecule has 0 saturated carbocycles. The summed E-state index contributed by atoms with van der Waals surface area (Å²) in [7, 11) is 1.30. The number of thiophene rings is 1. The molecule has 0 fully saturated rings. The summed E-state index contributed by atoms with van der Waals surface area (Å²) in [6.45, 7) is 0. The molecule has 1 N–H and O–H groups in total. The summed E-state index contributed by atoms with van der Waals surface area (Å²) >= 11 is 1.26. The number of hydrogen-bond acceptors (Lipinski definition) is 4. The lowest BCUT2D eigenvalue weighted by Gasteiger charge is -1.96. The first kappa shape index (κ1) is 11.7. The number of ether oxygens (including phenoxy) is 1. The summed E-state index contributed by atoms with van der Waals surface area (Å²) in [5.41, 5.74) is 1.14. The van der Waals surface area contributed by atoms with Crippen LogP contribution in [0.25, 0.3) is 0 Å². The monoisotopic (exact) mass is 248 g/mol. The minimum atomic E-state index is -0.494. The van der Waals surface area contributed by atoms with E-state index < -0.39 is 5.97 Å². The van der Waals surface area contributed by atoms with E-state index in [-0.39, 0.29) is 10.6 Å². The third-order valence-corrected chi connectivity index (χ3v) is 3.46. The molecule has 0 atom stereocenters. The first-order chi connectivity index (χ1) is 8.20. The fraction of sp³-hybridized carbons (Fsp3) is 0.154. The van der Waals surface area contributed by atoms with Crippen LogP contribution in [0, 0.1) is 0 Å². The minimum absolute atomic E-state index is 0.00668. The topological polar surface area (TPSA) is 46.5 Å². The Morgan fingerprint density at radius 2 is 2.06 bits per heavy atom. The normalized spacial score (nSPS) is 10.2. The van der Waals surface area contributed by atoms with E-state index in [1.807, 2.05) is 30.3 Å². The SMILES string of the molecule is COC(=O)c1sc(Cc2ccccc2)cc1O. The number of carbonyl (C=O) groups excluding carboxylic acids is 1. The van der Waals surface area contributed by atoms with Gasteiger partial charge in [0.15, 0.2) is 4.88 Å². The van der Waals surface area contributed by atoms with E-state index in [1.165, 1.54) is 18.4 Å². The molecule has 0 aliphatic rings. The number of aromatic hydroxyl groups is 1. The number of methoxy groups -OCH3 is 1. The van der Waals surface area contributed by atoms with E-state index in [0.29, 0.717) is 6.42 Å². The van der Waals surface area contributed by atoms with Gasteiger partial charge in [-0.05, 0) is 11.6 Å². The lowest BCUT2D eigenvalue weighted by atomic mass is 10.1. The number of benzene rings is 1. The van der Waals surface area contributed by atoms with Crippen LogP contribution in [-0.2, 0) is 11.2 Å². The van der Waals surface area contributed by atoms with E-state index in [0.717, 1.165) is 10.4 Å². The number of hydrogen-bond donors (Lipinski definition) is 1. The van der Waals surface area contributed by atoms with E-state index >= 15 is 0 Å². The van der Waals surface area contributed by atoms with Gasteiger partial charge < -0.3 is 9.84 Å². The van der Waals surface area contributed by atoms with Gasteiger partial charge in [-0.1, -0.05) is 30.3 Å². The molecular formula is C13H12O3S. The third-order valence-electron chi connectivity index (χ3n) is 2.36. The van der Waals surface area contributed by atoms with Gasteiger partial charge in [-0.15, -0.1) is 11.3 Å². The molecule has 1 aromatic heterocycles. The maximum Gasteiger partial charge on any atom is 0.351 e. The molecular weight excluding hydrogens is 236 g/mol. The van der Waals surface area contributed by atoms with Crippen LogP contribution < -0.4 is 0 Å². The van der Waals surface area contributed by atoms with Crippen molar-refractivity contribution in [3.63, 3.8) is 0 Å². The quantitative estimate of drug-likeness (QED) is 0.850. The van der Waals surface area contributed by atoms with Crippen molar-refractivity contribution < 1.29 is 14.6 Å². The maximum atomic E-state index is 11.3. The van der Waals surface area contributed by atoms with Crippen LogP contribution in [0.5, 0.6) is 5.75 Å². The number of esters is 1. The van der Waals surface area contributed by atoms with Gasteiger partial charge >= 0.3 is 5.97 Å². The standard InChI is InChI=1S/C13H12O3S/c1-16-13(15)12-11(14)8-10(17-12)7-9-5-3-2-4-6-9/h2-6,8,14H,7H2,1H3. The number of rotatable bonds is 3. The molecule has 0 amide bonds. The highest BCUT2D eigenvalue weighted by molar-refractivity contribution is 7.14. The zero-order chi connectivity index (χ0) is 12.3. The second-order valence-electron chi connectivity index (χ2n) is 3.58. The Balaban J connectivity index is 2.21. The fourth-order valence-corrected chi connectivity index (χ4v) is 2.56. The second kappa shape index (κ2) is 5.01. The molecule has 0 bridgehead atoms. The van der Waals surface area contributed by atoms with Crippen molar-refractivity contribution >= 4 is 17.3 Å². The van der Waals surface area contributed by atoms with Crippen molar-refractivity contribution in [3.05, 3.63) is 51.7 Å². The van der Waals surface area contributed by atoms with Crippen LogP contribution in [-0.4, -0.2) is 18.2 Å².